The van der Waals surface area contributed by atoms with Crippen molar-refractivity contribution in [2.24, 2.45) is 0 Å². The van der Waals surface area contributed by atoms with Crippen LogP contribution < -0.4 is 10.1 Å². The van der Waals surface area contributed by atoms with Crippen LogP contribution in [0.15, 0.2) is 36.4 Å². The van der Waals surface area contributed by atoms with Gasteiger partial charge in [0.25, 0.3) is 0 Å². The molecular formula is C16H17ClFNO. The maximum absolute atomic E-state index is 13.6. The highest BCUT2D eigenvalue weighted by Crippen LogP contribution is 2.29. The van der Waals surface area contributed by atoms with Crippen LogP contribution in [0.5, 0.6) is 5.75 Å². The first-order valence-corrected chi connectivity index (χ1v) is 6.75. The van der Waals surface area contributed by atoms with Crippen LogP contribution in [0.4, 0.5) is 10.1 Å². The lowest BCUT2D eigenvalue weighted by Gasteiger charge is -2.17. The van der Waals surface area contributed by atoms with E-state index in [0.29, 0.717) is 16.3 Å². The lowest BCUT2D eigenvalue weighted by atomic mass is 10.1. The van der Waals surface area contributed by atoms with E-state index in [2.05, 4.69) is 5.32 Å². The summed E-state index contributed by atoms with van der Waals surface area (Å²) in [5.41, 5.74) is 2.40. The second kappa shape index (κ2) is 6.14. The molecule has 2 rings (SSSR count). The van der Waals surface area contributed by atoms with Crippen molar-refractivity contribution >= 4 is 17.3 Å². The zero-order valence-corrected chi connectivity index (χ0v) is 12.5. The summed E-state index contributed by atoms with van der Waals surface area (Å²) >= 11 is 6.08. The minimum Gasteiger partial charge on any atom is -0.495 e. The van der Waals surface area contributed by atoms with Gasteiger partial charge in [0, 0.05) is 11.7 Å². The van der Waals surface area contributed by atoms with Crippen LogP contribution in [0, 0.1) is 12.7 Å². The molecule has 0 spiro atoms. The van der Waals surface area contributed by atoms with Gasteiger partial charge in [0.2, 0.25) is 0 Å². The van der Waals surface area contributed by atoms with E-state index in [4.69, 9.17) is 16.3 Å². The van der Waals surface area contributed by atoms with Crippen molar-refractivity contribution in [3.05, 3.63) is 58.4 Å². The third-order valence-electron chi connectivity index (χ3n) is 3.23. The number of hydrogen-bond acceptors (Lipinski definition) is 2. The van der Waals surface area contributed by atoms with E-state index in [1.54, 1.807) is 38.3 Å². The monoisotopic (exact) mass is 293 g/mol. The Morgan fingerprint density at radius 2 is 1.95 bits per heavy atom. The summed E-state index contributed by atoms with van der Waals surface area (Å²) in [6.07, 6.45) is 0. The second-order valence-corrected chi connectivity index (χ2v) is 5.13. The summed E-state index contributed by atoms with van der Waals surface area (Å²) in [6.45, 7) is 3.72. The van der Waals surface area contributed by atoms with Crippen LogP contribution in [-0.2, 0) is 0 Å². The van der Waals surface area contributed by atoms with E-state index < -0.39 is 0 Å². The predicted octanol–water partition coefficient (Wildman–Crippen LogP) is 4.97. The summed E-state index contributed by atoms with van der Waals surface area (Å²) in [6, 6.07) is 10.7. The van der Waals surface area contributed by atoms with Gasteiger partial charge in [-0.3, -0.25) is 0 Å². The standard InChI is InChI=1S/C16H17ClFNO/c1-10-4-5-12(8-15(10)18)11(2)19-13-6-7-16(20-3)14(17)9-13/h4-9,11,19H,1-3H3. The minimum atomic E-state index is -0.191. The van der Waals surface area contributed by atoms with Crippen LogP contribution in [0.3, 0.4) is 0 Å². The van der Waals surface area contributed by atoms with Crippen LogP contribution >= 0.6 is 11.6 Å². The third-order valence-corrected chi connectivity index (χ3v) is 3.53. The normalized spacial score (nSPS) is 12.1. The van der Waals surface area contributed by atoms with Crippen LogP contribution in [-0.4, -0.2) is 7.11 Å². The molecule has 0 bridgehead atoms. The fourth-order valence-electron chi connectivity index (χ4n) is 1.97. The van der Waals surface area contributed by atoms with Crippen LogP contribution in [0.1, 0.15) is 24.1 Å². The molecule has 2 aromatic rings. The second-order valence-electron chi connectivity index (χ2n) is 4.72. The number of anilines is 1. The van der Waals surface area contributed by atoms with Gasteiger partial charge in [-0.2, -0.15) is 0 Å². The molecule has 0 aliphatic rings. The van der Waals surface area contributed by atoms with Crippen molar-refractivity contribution in [2.75, 3.05) is 12.4 Å². The molecule has 106 valence electrons. The summed E-state index contributed by atoms with van der Waals surface area (Å²) in [5.74, 6) is 0.440. The Labute approximate surface area is 123 Å². The van der Waals surface area contributed by atoms with Gasteiger partial charge in [0.1, 0.15) is 11.6 Å². The predicted molar refractivity (Wildman–Crippen MR) is 81.2 cm³/mol. The molecule has 0 aliphatic carbocycles. The van der Waals surface area contributed by atoms with Gasteiger partial charge in [-0.1, -0.05) is 23.7 Å². The molecule has 20 heavy (non-hydrogen) atoms. The molecule has 0 aliphatic heterocycles. The summed E-state index contributed by atoms with van der Waals surface area (Å²) in [4.78, 5) is 0. The van der Waals surface area contributed by atoms with Gasteiger partial charge < -0.3 is 10.1 Å². The fourth-order valence-corrected chi connectivity index (χ4v) is 2.23. The average Bonchev–Trinajstić information content (AvgIpc) is 2.42. The van der Waals surface area contributed by atoms with Gasteiger partial charge in [0.05, 0.1) is 12.1 Å². The molecule has 0 heterocycles. The Kier molecular flexibility index (Phi) is 4.50. The van der Waals surface area contributed by atoms with E-state index in [0.717, 1.165) is 11.3 Å². The van der Waals surface area contributed by atoms with Gasteiger partial charge in [-0.15, -0.1) is 0 Å². The zero-order chi connectivity index (χ0) is 14.7. The SMILES string of the molecule is COc1ccc(NC(C)c2ccc(C)c(F)c2)cc1Cl. The molecule has 0 amide bonds. The summed E-state index contributed by atoms with van der Waals surface area (Å²) in [7, 11) is 1.58. The van der Waals surface area contributed by atoms with E-state index in [-0.39, 0.29) is 11.9 Å². The quantitative estimate of drug-likeness (QED) is 0.859. The Morgan fingerprint density at radius 3 is 2.55 bits per heavy atom. The Hall–Kier alpha value is -1.74. The van der Waals surface area contributed by atoms with Crippen LogP contribution in [0.2, 0.25) is 5.02 Å². The molecule has 0 aromatic heterocycles. The van der Waals surface area contributed by atoms with Crippen molar-refractivity contribution < 1.29 is 9.13 Å². The van der Waals surface area contributed by atoms with Crippen molar-refractivity contribution in [3.63, 3.8) is 0 Å². The number of rotatable bonds is 4. The van der Waals surface area contributed by atoms with Gasteiger partial charge in [-0.05, 0) is 49.2 Å². The molecule has 0 fully saturated rings. The summed E-state index contributed by atoms with van der Waals surface area (Å²) < 4.78 is 18.7. The molecule has 4 heteroatoms. The summed E-state index contributed by atoms with van der Waals surface area (Å²) in [5, 5.41) is 3.83. The number of nitrogens with one attached hydrogen (secondary N) is 1. The molecule has 2 aromatic carbocycles. The van der Waals surface area contributed by atoms with E-state index >= 15 is 0 Å². The smallest absolute Gasteiger partial charge is 0.137 e. The molecule has 2 nitrogen and oxygen atoms in total. The molecule has 1 unspecified atom stereocenters. The maximum Gasteiger partial charge on any atom is 0.137 e. The first kappa shape index (κ1) is 14.7. The largest absolute Gasteiger partial charge is 0.495 e. The topological polar surface area (TPSA) is 21.3 Å². The van der Waals surface area contributed by atoms with E-state index in [1.165, 1.54) is 0 Å². The van der Waals surface area contributed by atoms with E-state index in [1.807, 2.05) is 19.1 Å². The lowest BCUT2D eigenvalue weighted by Crippen LogP contribution is -2.07. The molecule has 0 saturated heterocycles. The average molecular weight is 294 g/mol. The van der Waals surface area contributed by atoms with Gasteiger partial charge in [0.15, 0.2) is 0 Å². The highest BCUT2D eigenvalue weighted by atomic mass is 35.5. The zero-order valence-electron chi connectivity index (χ0n) is 11.7. The van der Waals surface area contributed by atoms with Gasteiger partial charge in [-0.25, -0.2) is 4.39 Å². The van der Waals surface area contributed by atoms with Gasteiger partial charge >= 0.3 is 0 Å². The number of hydrogen-bond donors (Lipinski definition) is 1. The highest BCUT2D eigenvalue weighted by molar-refractivity contribution is 6.32. The maximum atomic E-state index is 13.6. The number of halogens is 2. The first-order valence-electron chi connectivity index (χ1n) is 6.37. The lowest BCUT2D eigenvalue weighted by molar-refractivity contribution is 0.415. The van der Waals surface area contributed by atoms with Crippen LogP contribution in [0.25, 0.3) is 0 Å². The fraction of sp³-hybridized carbons (Fsp3) is 0.250. The van der Waals surface area contributed by atoms with Crippen molar-refractivity contribution in [1.82, 2.24) is 0 Å². The van der Waals surface area contributed by atoms with Crippen molar-refractivity contribution in [1.29, 1.82) is 0 Å². The Morgan fingerprint density at radius 1 is 1.20 bits per heavy atom. The van der Waals surface area contributed by atoms with E-state index in [9.17, 15) is 4.39 Å². The highest BCUT2D eigenvalue weighted by Gasteiger charge is 2.09. The minimum absolute atomic E-state index is 0.0189. The Balaban J connectivity index is 2.16. The molecule has 1 atom stereocenters. The number of methoxy groups -OCH3 is 1. The Bertz CT molecular complexity index is 615. The first-order chi connectivity index (χ1) is 9.51. The number of ether oxygens (including phenoxy) is 1. The third kappa shape index (κ3) is 3.23. The molecule has 0 radical (unpaired) electrons. The molecule has 0 saturated carbocycles. The van der Waals surface area contributed by atoms with Crippen molar-refractivity contribution in [3.8, 4) is 5.75 Å². The molecule has 1 N–H and O–H groups in total. The number of aryl methyl sites for hydroxylation is 1. The number of benzene rings is 2. The van der Waals surface area contributed by atoms with Crippen molar-refractivity contribution in [2.45, 2.75) is 19.9 Å². The molecular weight excluding hydrogens is 277 g/mol.